The predicted octanol–water partition coefficient (Wildman–Crippen LogP) is 5.01. The van der Waals surface area contributed by atoms with Gasteiger partial charge in [-0.1, -0.05) is 42.0 Å². The van der Waals surface area contributed by atoms with Crippen molar-refractivity contribution in [2.24, 2.45) is 0 Å². The first kappa shape index (κ1) is 16.4. The maximum atomic E-state index is 13.9. The molecule has 2 unspecified atom stereocenters. The topological polar surface area (TPSA) is 3.24 Å². The molecule has 2 heterocycles. The van der Waals surface area contributed by atoms with Crippen molar-refractivity contribution in [3.8, 4) is 0 Å². The maximum absolute atomic E-state index is 13.9. The van der Waals surface area contributed by atoms with Crippen molar-refractivity contribution in [1.29, 1.82) is 0 Å². The number of nitrogens with zero attached hydrogens (tertiary/aromatic N) is 1. The monoisotopic (exact) mass is 343 g/mol. The normalized spacial score (nSPS) is 22.9. The highest BCUT2D eigenvalue weighted by molar-refractivity contribution is 5.30. The summed E-state index contributed by atoms with van der Waals surface area (Å²) in [6.45, 7) is 0.892. The van der Waals surface area contributed by atoms with Gasteiger partial charge in [-0.15, -0.1) is 0 Å². The van der Waals surface area contributed by atoms with Crippen molar-refractivity contribution in [2.45, 2.75) is 44.3 Å². The summed E-state index contributed by atoms with van der Waals surface area (Å²) in [5, 5.41) is 0. The summed E-state index contributed by atoms with van der Waals surface area (Å²) in [6.07, 6.45) is 5.23. The summed E-state index contributed by atoms with van der Waals surface area (Å²) >= 11 is 0. The minimum absolute atomic E-state index is 0.151. The minimum atomic E-state index is -1.06. The molecule has 2 aromatic rings. The van der Waals surface area contributed by atoms with E-state index >= 15 is 0 Å². The molecule has 1 saturated heterocycles. The van der Waals surface area contributed by atoms with E-state index in [1.54, 1.807) is 0 Å². The lowest BCUT2D eigenvalue weighted by Crippen LogP contribution is -2.38. The molecule has 0 saturated carbocycles. The maximum Gasteiger partial charge on any atom is 0.165 e. The van der Waals surface area contributed by atoms with E-state index in [1.165, 1.54) is 5.56 Å². The van der Waals surface area contributed by atoms with Crippen LogP contribution in [0.3, 0.4) is 0 Å². The molecule has 1 nitrogen and oxygen atoms in total. The summed E-state index contributed by atoms with van der Waals surface area (Å²) < 4.78 is 41.3. The first-order valence-corrected chi connectivity index (χ1v) is 8.73. The molecular formula is C21H20F3N. The highest BCUT2D eigenvalue weighted by Gasteiger charge is 2.36. The predicted molar refractivity (Wildman–Crippen MR) is 91.5 cm³/mol. The molecule has 130 valence electrons. The van der Waals surface area contributed by atoms with Gasteiger partial charge >= 0.3 is 0 Å². The summed E-state index contributed by atoms with van der Waals surface area (Å²) in [5.74, 6) is -2.71. The Labute approximate surface area is 145 Å². The molecule has 4 rings (SSSR count). The van der Waals surface area contributed by atoms with E-state index in [4.69, 9.17) is 0 Å². The third-order valence-electron chi connectivity index (χ3n) is 5.37. The Kier molecular flexibility index (Phi) is 4.38. The molecule has 0 N–H and O–H groups in total. The molecular weight excluding hydrogens is 323 g/mol. The van der Waals surface area contributed by atoms with E-state index in [1.807, 2.05) is 18.2 Å². The highest BCUT2D eigenvalue weighted by atomic mass is 19.2. The fraction of sp³-hybridized carbons (Fsp3) is 0.333. The van der Waals surface area contributed by atoms with Crippen LogP contribution in [0.1, 0.15) is 30.4 Å². The van der Waals surface area contributed by atoms with Gasteiger partial charge in [0.25, 0.3) is 0 Å². The molecule has 2 aromatic carbocycles. The van der Waals surface area contributed by atoms with Crippen LogP contribution in [-0.4, -0.2) is 17.0 Å². The van der Waals surface area contributed by atoms with Crippen molar-refractivity contribution in [2.75, 3.05) is 0 Å². The Balaban J connectivity index is 1.53. The van der Waals surface area contributed by atoms with E-state index in [9.17, 15) is 13.2 Å². The first-order valence-electron chi connectivity index (χ1n) is 8.73. The second kappa shape index (κ2) is 6.68. The average Bonchev–Trinajstić information content (AvgIpc) is 2.85. The van der Waals surface area contributed by atoms with Crippen LogP contribution < -0.4 is 0 Å². The SMILES string of the molecule is Fc1ccc(F)c(CC2=CC3CCC(C2)N3Cc2ccccc2)c1F. The lowest BCUT2D eigenvalue weighted by molar-refractivity contribution is 0.194. The Bertz CT molecular complexity index is 800. The summed E-state index contributed by atoms with van der Waals surface area (Å²) in [5.41, 5.74) is 2.14. The van der Waals surface area contributed by atoms with Gasteiger partial charge in [0.2, 0.25) is 0 Å². The van der Waals surface area contributed by atoms with Gasteiger partial charge in [-0.3, -0.25) is 4.90 Å². The van der Waals surface area contributed by atoms with Crippen molar-refractivity contribution in [3.63, 3.8) is 0 Å². The Morgan fingerprint density at radius 3 is 2.44 bits per heavy atom. The van der Waals surface area contributed by atoms with E-state index < -0.39 is 17.5 Å². The van der Waals surface area contributed by atoms with Gasteiger partial charge in [-0.05, 0) is 43.4 Å². The zero-order valence-corrected chi connectivity index (χ0v) is 13.9. The standard InChI is InChI=1S/C21H20F3N/c22-19-8-9-20(23)21(24)18(19)12-15-10-16-6-7-17(11-15)25(16)13-14-4-2-1-3-5-14/h1-5,8-10,16-17H,6-7,11-13H2. The quantitative estimate of drug-likeness (QED) is 0.557. The third-order valence-corrected chi connectivity index (χ3v) is 5.37. The molecule has 0 amide bonds. The van der Waals surface area contributed by atoms with E-state index in [2.05, 4.69) is 23.1 Å². The molecule has 2 aliphatic rings. The Morgan fingerprint density at radius 2 is 1.68 bits per heavy atom. The zero-order valence-electron chi connectivity index (χ0n) is 13.9. The molecule has 0 radical (unpaired) electrons. The second-order valence-corrected chi connectivity index (χ2v) is 6.98. The van der Waals surface area contributed by atoms with Crippen molar-refractivity contribution in [3.05, 3.63) is 82.7 Å². The first-order chi connectivity index (χ1) is 12.1. The van der Waals surface area contributed by atoms with Crippen LogP contribution in [0.2, 0.25) is 0 Å². The van der Waals surface area contributed by atoms with Gasteiger partial charge in [0, 0.05) is 24.2 Å². The molecule has 2 aliphatic heterocycles. The molecule has 2 bridgehead atoms. The van der Waals surface area contributed by atoms with Crippen LogP contribution in [0.4, 0.5) is 13.2 Å². The fourth-order valence-corrected chi connectivity index (χ4v) is 4.14. The van der Waals surface area contributed by atoms with Gasteiger partial charge in [0.05, 0.1) is 0 Å². The molecule has 2 atom stereocenters. The van der Waals surface area contributed by atoms with E-state index in [-0.39, 0.29) is 12.0 Å². The molecule has 25 heavy (non-hydrogen) atoms. The van der Waals surface area contributed by atoms with Gasteiger partial charge in [-0.25, -0.2) is 13.2 Å². The van der Waals surface area contributed by atoms with Crippen molar-refractivity contribution in [1.82, 2.24) is 4.90 Å². The molecule has 0 aliphatic carbocycles. The molecule has 0 spiro atoms. The van der Waals surface area contributed by atoms with Crippen LogP contribution in [-0.2, 0) is 13.0 Å². The van der Waals surface area contributed by atoms with Crippen LogP contribution >= 0.6 is 0 Å². The lowest BCUT2D eigenvalue weighted by atomic mass is 9.94. The van der Waals surface area contributed by atoms with E-state index in [0.29, 0.717) is 12.1 Å². The summed E-state index contributed by atoms with van der Waals surface area (Å²) in [7, 11) is 0. The van der Waals surface area contributed by atoms with Crippen LogP contribution in [0, 0.1) is 17.5 Å². The lowest BCUT2D eigenvalue weighted by Gasteiger charge is -2.34. The van der Waals surface area contributed by atoms with Crippen molar-refractivity contribution >= 4 is 0 Å². The van der Waals surface area contributed by atoms with Gasteiger partial charge < -0.3 is 0 Å². The summed E-state index contributed by atoms with van der Waals surface area (Å²) in [4.78, 5) is 2.47. The van der Waals surface area contributed by atoms with Gasteiger partial charge in [-0.2, -0.15) is 0 Å². The summed E-state index contributed by atoms with van der Waals surface area (Å²) in [6, 6.07) is 12.9. The number of rotatable bonds is 4. The molecule has 0 aromatic heterocycles. The molecule has 4 heteroatoms. The Morgan fingerprint density at radius 1 is 0.920 bits per heavy atom. The number of fused-ring (bicyclic) bond motifs is 2. The highest BCUT2D eigenvalue weighted by Crippen LogP contribution is 2.37. The van der Waals surface area contributed by atoms with Crippen LogP contribution in [0.5, 0.6) is 0 Å². The zero-order chi connectivity index (χ0) is 17.4. The number of halogens is 3. The van der Waals surface area contributed by atoms with Gasteiger partial charge in [0.15, 0.2) is 11.6 Å². The van der Waals surface area contributed by atoms with E-state index in [0.717, 1.165) is 43.5 Å². The molecule has 1 fully saturated rings. The van der Waals surface area contributed by atoms with Crippen LogP contribution in [0.25, 0.3) is 0 Å². The third kappa shape index (κ3) is 3.23. The smallest absolute Gasteiger partial charge is 0.165 e. The van der Waals surface area contributed by atoms with Crippen LogP contribution in [0.15, 0.2) is 54.1 Å². The number of benzene rings is 2. The second-order valence-electron chi connectivity index (χ2n) is 6.98. The van der Waals surface area contributed by atoms with Gasteiger partial charge in [0.1, 0.15) is 5.82 Å². The number of hydrogen-bond donors (Lipinski definition) is 0. The largest absolute Gasteiger partial charge is 0.289 e. The van der Waals surface area contributed by atoms with Crippen molar-refractivity contribution < 1.29 is 13.2 Å². The minimum Gasteiger partial charge on any atom is -0.289 e. The fourth-order valence-electron chi connectivity index (χ4n) is 4.14. The Hall–Kier alpha value is -2.07. The number of hydrogen-bond acceptors (Lipinski definition) is 1. The average molecular weight is 343 g/mol.